The number of pyridine rings is 1. The molecule has 2 unspecified atom stereocenters. The highest BCUT2D eigenvalue weighted by molar-refractivity contribution is 7.14. The molecule has 2 amide bonds. The van der Waals surface area contributed by atoms with Gasteiger partial charge in [0.25, 0.3) is 0 Å². The maximum Gasteiger partial charge on any atom is 0.407 e. The molecule has 1 aliphatic heterocycles. The zero-order valence-corrected chi connectivity index (χ0v) is 15.7. The molecule has 0 radical (unpaired) electrons. The van der Waals surface area contributed by atoms with Gasteiger partial charge in [-0.3, -0.25) is 9.78 Å². The topological polar surface area (TPSA) is 95.4 Å². The third kappa shape index (κ3) is 3.72. The number of hydrogen-bond donors (Lipinski definition) is 2. The number of carbonyl (C=O) groups is 2. The molecule has 2 atom stereocenters. The zero-order valence-electron chi connectivity index (χ0n) is 14.9. The molecule has 1 aromatic carbocycles. The van der Waals surface area contributed by atoms with Crippen LogP contribution in [0.15, 0.2) is 60.2 Å². The van der Waals surface area contributed by atoms with E-state index in [1.807, 2.05) is 47.8 Å². The summed E-state index contributed by atoms with van der Waals surface area (Å²) in [5.74, 6) is -0.871. The molecule has 7 nitrogen and oxygen atoms in total. The number of hydrogen-bond acceptors (Lipinski definition) is 5. The van der Waals surface area contributed by atoms with Gasteiger partial charge >= 0.3 is 6.09 Å². The van der Waals surface area contributed by atoms with Crippen LogP contribution in [-0.4, -0.2) is 45.1 Å². The van der Waals surface area contributed by atoms with Crippen LogP contribution in [0, 0.1) is 5.92 Å². The van der Waals surface area contributed by atoms with Gasteiger partial charge in [-0.1, -0.05) is 30.3 Å². The first-order valence-corrected chi connectivity index (χ1v) is 9.69. The Kier molecular flexibility index (Phi) is 5.03. The molecule has 1 aliphatic rings. The molecule has 4 rings (SSSR count). The van der Waals surface area contributed by atoms with Crippen LogP contribution < -0.4 is 5.32 Å². The number of benzene rings is 1. The predicted molar refractivity (Wildman–Crippen MR) is 106 cm³/mol. The first-order chi connectivity index (χ1) is 13.6. The number of likely N-dealkylation sites (tertiary alicyclic amines) is 1. The van der Waals surface area contributed by atoms with Crippen LogP contribution in [0.5, 0.6) is 0 Å². The van der Waals surface area contributed by atoms with E-state index in [-0.39, 0.29) is 18.4 Å². The molecule has 2 aromatic heterocycles. The van der Waals surface area contributed by atoms with Gasteiger partial charge < -0.3 is 15.3 Å². The van der Waals surface area contributed by atoms with Crippen LogP contribution in [0.25, 0.3) is 11.3 Å². The second kappa shape index (κ2) is 7.77. The third-order valence-corrected chi connectivity index (χ3v) is 5.60. The van der Waals surface area contributed by atoms with Gasteiger partial charge in [0, 0.05) is 42.3 Å². The highest BCUT2D eigenvalue weighted by Crippen LogP contribution is 2.34. The van der Waals surface area contributed by atoms with Gasteiger partial charge in [0.05, 0.1) is 11.6 Å². The molecule has 142 valence electrons. The van der Waals surface area contributed by atoms with E-state index < -0.39 is 12.0 Å². The Morgan fingerprint density at radius 3 is 2.68 bits per heavy atom. The Hall–Kier alpha value is -3.26. The number of nitrogens with zero attached hydrogens (tertiary/aromatic N) is 3. The van der Waals surface area contributed by atoms with Gasteiger partial charge in [-0.25, -0.2) is 9.78 Å². The Bertz CT molecular complexity index is 977. The summed E-state index contributed by atoms with van der Waals surface area (Å²) in [5.41, 5.74) is 2.58. The van der Waals surface area contributed by atoms with Crippen molar-refractivity contribution in [3.05, 3.63) is 65.8 Å². The minimum atomic E-state index is -1.01. The Morgan fingerprint density at radius 2 is 1.96 bits per heavy atom. The van der Waals surface area contributed by atoms with Crippen LogP contribution in [-0.2, 0) is 4.79 Å². The summed E-state index contributed by atoms with van der Waals surface area (Å²) in [7, 11) is 0. The van der Waals surface area contributed by atoms with Crippen molar-refractivity contribution in [2.45, 2.75) is 5.92 Å². The van der Waals surface area contributed by atoms with Crippen LogP contribution >= 0.6 is 11.3 Å². The zero-order chi connectivity index (χ0) is 19.5. The second-order valence-corrected chi connectivity index (χ2v) is 7.44. The molecule has 0 bridgehead atoms. The summed E-state index contributed by atoms with van der Waals surface area (Å²) in [4.78, 5) is 34.2. The van der Waals surface area contributed by atoms with E-state index >= 15 is 0 Å². The second-order valence-electron chi connectivity index (χ2n) is 6.58. The summed E-state index contributed by atoms with van der Waals surface area (Å²) in [5, 5.41) is 14.6. The molecular weight excluding hydrogens is 376 g/mol. The van der Waals surface area contributed by atoms with Gasteiger partial charge in [0.2, 0.25) is 5.91 Å². The highest BCUT2D eigenvalue weighted by atomic mass is 32.1. The number of carbonyl (C=O) groups excluding carboxylic acids is 1. The molecule has 3 aromatic rings. The van der Waals surface area contributed by atoms with Crippen molar-refractivity contribution < 1.29 is 14.7 Å². The van der Waals surface area contributed by atoms with Crippen molar-refractivity contribution in [2.75, 3.05) is 18.4 Å². The lowest BCUT2D eigenvalue weighted by Gasteiger charge is -2.17. The fourth-order valence-electron chi connectivity index (χ4n) is 3.44. The number of nitrogens with one attached hydrogen (secondary N) is 1. The average molecular weight is 394 g/mol. The number of rotatable bonds is 4. The Morgan fingerprint density at radius 1 is 1.14 bits per heavy atom. The summed E-state index contributed by atoms with van der Waals surface area (Å²) < 4.78 is 0. The molecule has 8 heteroatoms. The molecule has 1 saturated heterocycles. The van der Waals surface area contributed by atoms with Crippen LogP contribution in [0.3, 0.4) is 0 Å². The fourth-order valence-corrected chi connectivity index (χ4v) is 4.16. The number of anilines is 1. The maximum atomic E-state index is 12.9. The van der Waals surface area contributed by atoms with Gasteiger partial charge in [-0.05, 0) is 17.7 Å². The van der Waals surface area contributed by atoms with Gasteiger partial charge in [0.15, 0.2) is 5.13 Å². The molecule has 1 fully saturated rings. The predicted octanol–water partition coefficient (Wildman–Crippen LogP) is 3.54. The molecule has 28 heavy (non-hydrogen) atoms. The van der Waals surface area contributed by atoms with E-state index in [0.29, 0.717) is 11.7 Å². The molecule has 0 saturated carbocycles. The van der Waals surface area contributed by atoms with Crippen molar-refractivity contribution in [3.63, 3.8) is 0 Å². The lowest BCUT2D eigenvalue weighted by atomic mass is 9.88. The van der Waals surface area contributed by atoms with Crippen molar-refractivity contribution in [1.29, 1.82) is 0 Å². The molecule has 0 aliphatic carbocycles. The lowest BCUT2D eigenvalue weighted by molar-refractivity contribution is -0.119. The molecular formula is C20H18N4O3S. The van der Waals surface area contributed by atoms with E-state index in [4.69, 9.17) is 0 Å². The molecule has 2 N–H and O–H groups in total. The van der Waals surface area contributed by atoms with Crippen LogP contribution in [0.1, 0.15) is 11.5 Å². The standard InChI is InChI=1S/C20H18N4O3S/c25-18(23-19-22-17(12-28-19)14-7-4-8-21-9-14)16-11-24(20(26)27)10-15(16)13-5-2-1-3-6-13/h1-9,12,15-16H,10-11H2,(H,26,27)(H,22,23,25). The van der Waals surface area contributed by atoms with Gasteiger partial charge in [-0.2, -0.15) is 0 Å². The van der Waals surface area contributed by atoms with Crippen molar-refractivity contribution in [2.24, 2.45) is 5.92 Å². The lowest BCUT2D eigenvalue weighted by Crippen LogP contribution is -2.30. The largest absolute Gasteiger partial charge is 0.465 e. The smallest absolute Gasteiger partial charge is 0.407 e. The molecule has 0 spiro atoms. The van der Waals surface area contributed by atoms with Crippen LogP contribution in [0.2, 0.25) is 0 Å². The Balaban J connectivity index is 1.53. The number of thiazole rings is 1. The summed E-state index contributed by atoms with van der Waals surface area (Å²) >= 11 is 1.33. The summed E-state index contributed by atoms with van der Waals surface area (Å²) in [6, 6.07) is 13.3. The van der Waals surface area contributed by atoms with Gasteiger partial charge in [0.1, 0.15) is 0 Å². The van der Waals surface area contributed by atoms with E-state index in [0.717, 1.165) is 16.8 Å². The SMILES string of the molecule is O=C(Nc1nc(-c2cccnc2)cs1)C1CN(C(=O)O)CC1c1ccccc1. The summed E-state index contributed by atoms with van der Waals surface area (Å²) in [6.45, 7) is 0.470. The highest BCUT2D eigenvalue weighted by Gasteiger charge is 2.40. The number of aromatic nitrogens is 2. The first-order valence-electron chi connectivity index (χ1n) is 8.81. The number of carboxylic acid groups (broad SMARTS) is 1. The first kappa shape index (κ1) is 18.1. The maximum absolute atomic E-state index is 12.9. The Labute approximate surface area is 165 Å². The minimum Gasteiger partial charge on any atom is -0.465 e. The van der Waals surface area contributed by atoms with E-state index in [9.17, 15) is 14.7 Å². The minimum absolute atomic E-state index is 0.168. The van der Waals surface area contributed by atoms with E-state index in [2.05, 4.69) is 15.3 Å². The van der Waals surface area contributed by atoms with Crippen LogP contribution in [0.4, 0.5) is 9.93 Å². The molecule has 3 heterocycles. The number of amides is 2. The van der Waals surface area contributed by atoms with Crippen molar-refractivity contribution >= 4 is 28.5 Å². The van der Waals surface area contributed by atoms with E-state index in [1.54, 1.807) is 12.4 Å². The fraction of sp³-hybridized carbons (Fsp3) is 0.200. The average Bonchev–Trinajstić information content (AvgIpc) is 3.37. The summed E-state index contributed by atoms with van der Waals surface area (Å²) in [6.07, 6.45) is 2.40. The normalized spacial score (nSPS) is 18.8. The van der Waals surface area contributed by atoms with Gasteiger partial charge in [-0.15, -0.1) is 11.3 Å². The third-order valence-electron chi connectivity index (χ3n) is 4.85. The monoisotopic (exact) mass is 394 g/mol. The van der Waals surface area contributed by atoms with Crippen molar-refractivity contribution in [1.82, 2.24) is 14.9 Å². The quantitative estimate of drug-likeness (QED) is 0.706. The van der Waals surface area contributed by atoms with Crippen molar-refractivity contribution in [3.8, 4) is 11.3 Å². The van der Waals surface area contributed by atoms with E-state index in [1.165, 1.54) is 16.2 Å².